The Labute approximate surface area is 356 Å². The molecule has 0 spiro atoms. The van der Waals surface area contributed by atoms with Crippen LogP contribution in [-0.4, -0.2) is 52.3 Å². The highest BCUT2D eigenvalue weighted by molar-refractivity contribution is 6.33. The molecule has 0 heterocycles. The minimum absolute atomic E-state index is 0.0196. The predicted molar refractivity (Wildman–Crippen MR) is 231 cm³/mol. The first kappa shape index (κ1) is 44.3. The van der Waals surface area contributed by atoms with Gasteiger partial charge in [0, 0.05) is 12.1 Å². The summed E-state index contributed by atoms with van der Waals surface area (Å²) in [5, 5.41) is 3.65. The molecule has 0 radical (unpaired) electrons. The van der Waals surface area contributed by atoms with Crippen molar-refractivity contribution in [1.29, 1.82) is 0 Å². The zero-order valence-electron chi connectivity index (χ0n) is 36.1. The highest BCUT2D eigenvalue weighted by Gasteiger charge is 2.60. The maximum Gasteiger partial charge on any atom is 0.341 e. The van der Waals surface area contributed by atoms with E-state index in [1.54, 1.807) is 24.3 Å². The van der Waals surface area contributed by atoms with Gasteiger partial charge in [-0.05, 0) is 151 Å². The molecule has 4 saturated carbocycles. The van der Waals surface area contributed by atoms with Gasteiger partial charge in [-0.3, -0.25) is 4.79 Å². The van der Waals surface area contributed by atoms with Gasteiger partial charge in [-0.1, -0.05) is 77.1 Å². The van der Waals surface area contributed by atoms with Crippen LogP contribution in [0.2, 0.25) is 10.0 Å². The van der Waals surface area contributed by atoms with Crippen molar-refractivity contribution in [3.05, 3.63) is 62.6 Å². The highest BCUT2D eigenvalue weighted by atomic mass is 35.5. The van der Waals surface area contributed by atoms with E-state index in [0.717, 1.165) is 54.8 Å². The second-order valence-electron chi connectivity index (χ2n) is 18.8. The number of nitrogens with one attached hydrogen (secondary N) is 1. The molecule has 0 aromatic heterocycles. The minimum Gasteiger partial charge on any atom is -0.494 e. The maximum absolute atomic E-state index is 14.2. The van der Waals surface area contributed by atoms with Crippen molar-refractivity contribution < 1.29 is 33.3 Å². The third-order valence-corrected chi connectivity index (χ3v) is 16.0. The zero-order valence-corrected chi connectivity index (χ0v) is 37.6. The van der Waals surface area contributed by atoms with Gasteiger partial charge in [0.05, 0.1) is 38.5 Å². The molecule has 0 aliphatic heterocycles. The number of carbonyl (C=O) groups is 3. The van der Waals surface area contributed by atoms with E-state index in [2.05, 4.69) is 39.9 Å². The highest BCUT2D eigenvalue weighted by Crippen LogP contribution is 2.68. The zero-order chi connectivity index (χ0) is 42.1. The summed E-state index contributed by atoms with van der Waals surface area (Å²) in [5.41, 5.74) is 2.16. The molecule has 4 aliphatic carbocycles. The first-order chi connectivity index (χ1) is 27.6. The van der Waals surface area contributed by atoms with E-state index in [0.29, 0.717) is 28.0 Å². The lowest BCUT2D eigenvalue weighted by Gasteiger charge is -2.61. The molecular formula is C48H65Cl2NO7. The molecule has 3 unspecified atom stereocenters. The van der Waals surface area contributed by atoms with Gasteiger partial charge in [0.2, 0.25) is 5.91 Å². The number of halogens is 2. The second-order valence-corrected chi connectivity index (χ2v) is 19.6. The predicted octanol–water partition coefficient (Wildman–Crippen LogP) is 11.6. The molecule has 9 atom stereocenters. The number of methoxy groups -OCH3 is 4. The standard InChI is InChI=1S/C48H65Cl2NO7/c1-27(2)11-10-12-28(3)37-15-16-38-33-14-13-31-25-32(17-19-47(31,4)39(33)18-20-48(37,38)5)51-42(52)26-34(29-21-35(45(53)57-8)43(55-6)40(49)23-29)30-22-36(46(54)58-9)44(56-7)41(50)24-30/h21-24,26-28,31-33,37-39H,10-20,25H2,1-9H3,(H,51,52)/t28?,31-,32-,33?,37+,38-,39?,47-,48+/m0/s1. The largest absolute Gasteiger partial charge is 0.494 e. The van der Waals surface area contributed by atoms with Gasteiger partial charge in [-0.25, -0.2) is 9.59 Å². The molecule has 8 nitrogen and oxygen atoms in total. The van der Waals surface area contributed by atoms with Crippen molar-refractivity contribution in [3.8, 4) is 11.5 Å². The molecule has 4 fully saturated rings. The van der Waals surface area contributed by atoms with Crippen molar-refractivity contribution >= 4 is 46.6 Å². The molecule has 4 aliphatic rings. The third-order valence-electron chi connectivity index (χ3n) is 15.4. The maximum atomic E-state index is 14.2. The number of rotatable bonds is 13. The van der Waals surface area contributed by atoms with Gasteiger partial charge in [0.25, 0.3) is 0 Å². The lowest BCUT2D eigenvalue weighted by atomic mass is 9.44. The van der Waals surface area contributed by atoms with Crippen LogP contribution in [0.5, 0.6) is 11.5 Å². The Bertz CT molecular complexity index is 1820. The summed E-state index contributed by atoms with van der Waals surface area (Å²) in [7, 11) is 5.37. The van der Waals surface area contributed by atoms with Crippen molar-refractivity contribution in [3.63, 3.8) is 0 Å². The molecule has 1 N–H and O–H groups in total. The molecular weight excluding hydrogens is 773 g/mol. The Morgan fingerprint density at radius 1 is 0.759 bits per heavy atom. The number of amides is 1. The minimum atomic E-state index is -0.658. The van der Waals surface area contributed by atoms with E-state index < -0.39 is 11.9 Å². The average Bonchev–Trinajstić information content (AvgIpc) is 3.56. The van der Waals surface area contributed by atoms with Crippen molar-refractivity contribution in [2.75, 3.05) is 28.4 Å². The molecule has 0 bridgehead atoms. The number of fused-ring (bicyclic) bond motifs is 5. The summed E-state index contributed by atoms with van der Waals surface area (Å²) in [4.78, 5) is 40.0. The van der Waals surface area contributed by atoms with Crippen molar-refractivity contribution in [2.45, 2.75) is 118 Å². The summed E-state index contributed by atoms with van der Waals surface area (Å²) >= 11 is 13.3. The normalized spacial score (nSPS) is 29.3. The molecule has 0 saturated heterocycles. The molecule has 58 heavy (non-hydrogen) atoms. The van der Waals surface area contributed by atoms with E-state index in [1.807, 2.05) is 0 Å². The van der Waals surface area contributed by atoms with E-state index in [1.165, 1.54) is 92.3 Å². The summed E-state index contributed by atoms with van der Waals surface area (Å²) in [6, 6.07) is 6.37. The topological polar surface area (TPSA) is 100 Å². The molecule has 2 aromatic rings. The van der Waals surface area contributed by atoms with Crippen LogP contribution in [-0.2, 0) is 14.3 Å². The van der Waals surface area contributed by atoms with Gasteiger partial charge in [-0.2, -0.15) is 0 Å². The Kier molecular flexibility index (Phi) is 13.9. The monoisotopic (exact) mass is 837 g/mol. The summed E-state index contributed by atoms with van der Waals surface area (Å²) < 4.78 is 21.0. The summed E-state index contributed by atoms with van der Waals surface area (Å²) in [5.74, 6) is 4.06. The fourth-order valence-corrected chi connectivity index (χ4v) is 13.1. The number of carbonyl (C=O) groups excluding carboxylic acids is 3. The van der Waals surface area contributed by atoms with Gasteiger partial charge in [0.1, 0.15) is 11.1 Å². The van der Waals surface area contributed by atoms with Crippen molar-refractivity contribution in [2.24, 2.45) is 52.3 Å². The molecule has 1 amide bonds. The van der Waals surface area contributed by atoms with Gasteiger partial charge < -0.3 is 24.3 Å². The Morgan fingerprint density at radius 3 is 1.88 bits per heavy atom. The first-order valence-corrected chi connectivity index (χ1v) is 22.3. The lowest BCUT2D eigenvalue weighted by Crippen LogP contribution is -2.55. The fourth-order valence-electron chi connectivity index (χ4n) is 12.6. The van der Waals surface area contributed by atoms with Crippen LogP contribution in [0.25, 0.3) is 5.57 Å². The van der Waals surface area contributed by atoms with E-state index >= 15 is 0 Å². The fraction of sp³-hybridized carbons (Fsp3) is 0.646. The Hall–Kier alpha value is -3.23. The van der Waals surface area contributed by atoms with Crippen LogP contribution in [0.4, 0.5) is 0 Å². The number of esters is 2. The number of hydrogen-bond donors (Lipinski definition) is 1. The summed E-state index contributed by atoms with van der Waals surface area (Å²) in [6.07, 6.45) is 16.5. The van der Waals surface area contributed by atoms with E-state index in [9.17, 15) is 14.4 Å². The van der Waals surface area contributed by atoms with Gasteiger partial charge in [0.15, 0.2) is 11.5 Å². The van der Waals surface area contributed by atoms with Crippen LogP contribution >= 0.6 is 23.2 Å². The van der Waals surface area contributed by atoms with Crippen LogP contribution in [0.15, 0.2) is 30.3 Å². The second kappa shape index (κ2) is 18.2. The third kappa shape index (κ3) is 8.53. The molecule has 6 rings (SSSR count). The van der Waals surface area contributed by atoms with E-state index in [-0.39, 0.29) is 50.0 Å². The van der Waals surface area contributed by atoms with Gasteiger partial charge in [-0.15, -0.1) is 0 Å². The van der Waals surface area contributed by atoms with Crippen LogP contribution < -0.4 is 14.8 Å². The van der Waals surface area contributed by atoms with Crippen molar-refractivity contribution in [1.82, 2.24) is 5.32 Å². The number of ether oxygens (including phenoxy) is 4. The lowest BCUT2D eigenvalue weighted by molar-refractivity contribution is -0.125. The molecule has 318 valence electrons. The van der Waals surface area contributed by atoms with Crippen LogP contribution in [0, 0.1) is 52.3 Å². The molecule has 2 aromatic carbocycles. The summed E-state index contributed by atoms with van der Waals surface area (Å²) in [6.45, 7) is 12.5. The van der Waals surface area contributed by atoms with E-state index in [4.69, 9.17) is 42.1 Å². The Balaban J connectivity index is 1.23. The number of hydrogen-bond acceptors (Lipinski definition) is 7. The number of benzene rings is 2. The molecule has 10 heteroatoms. The van der Waals surface area contributed by atoms with Crippen LogP contribution in [0.3, 0.4) is 0 Å². The van der Waals surface area contributed by atoms with Gasteiger partial charge >= 0.3 is 11.9 Å². The Morgan fingerprint density at radius 2 is 1.33 bits per heavy atom. The SMILES string of the molecule is COC(=O)c1cc(C(=CC(=O)N[C@H]2CC[C@]3(C)C4CC[C@]5(C)[C@@H](C(C)CCCC(C)C)CC[C@H]5C4CC[C@H]3C2)c2cc(Cl)c(OC)c(C(=O)OC)c2)cc(Cl)c1OC. The quantitative estimate of drug-likeness (QED) is 0.158. The smallest absolute Gasteiger partial charge is 0.341 e. The average molecular weight is 839 g/mol. The first-order valence-electron chi connectivity index (χ1n) is 21.5. The van der Waals surface area contributed by atoms with Crippen LogP contribution in [0.1, 0.15) is 144 Å².